The summed E-state index contributed by atoms with van der Waals surface area (Å²) in [5.41, 5.74) is 0. The quantitative estimate of drug-likeness (QED) is 0.579. The van der Waals surface area contributed by atoms with Gasteiger partial charge in [-0.3, -0.25) is 4.79 Å². The number of fused-ring (bicyclic) bond motifs is 2. The van der Waals surface area contributed by atoms with Gasteiger partial charge < -0.3 is 5.11 Å². The number of carbonyl (C=O) groups is 1. The van der Waals surface area contributed by atoms with Crippen LogP contribution in [0.3, 0.4) is 0 Å². The second kappa shape index (κ2) is 2.06. The molecule has 0 aliphatic heterocycles. The van der Waals surface area contributed by atoms with Gasteiger partial charge >= 0.3 is 0 Å². The van der Waals surface area contributed by atoms with Gasteiger partial charge in [0.15, 0.2) is 0 Å². The van der Waals surface area contributed by atoms with Crippen LogP contribution >= 0.6 is 0 Å². The van der Waals surface area contributed by atoms with Crippen LogP contribution in [0, 0.1) is 17.8 Å². The van der Waals surface area contributed by atoms with Crippen LogP contribution in [0.2, 0.25) is 0 Å². The van der Waals surface area contributed by atoms with E-state index in [9.17, 15) is 4.79 Å². The molecule has 3 unspecified atom stereocenters. The molecular formula is C8H12O2. The van der Waals surface area contributed by atoms with Crippen LogP contribution in [0.5, 0.6) is 0 Å². The van der Waals surface area contributed by atoms with E-state index in [4.69, 9.17) is 5.11 Å². The Morgan fingerprint density at radius 3 is 2.70 bits per heavy atom. The first-order valence-electron chi connectivity index (χ1n) is 3.97. The summed E-state index contributed by atoms with van der Waals surface area (Å²) in [6.07, 6.45) is 3.31. The highest BCUT2D eigenvalue weighted by Gasteiger charge is 2.45. The first-order chi connectivity index (χ1) is 4.83. The van der Waals surface area contributed by atoms with E-state index in [1.807, 2.05) is 0 Å². The number of carbonyl (C=O) groups excluding carboxylic acids is 1. The van der Waals surface area contributed by atoms with Crippen molar-refractivity contribution in [1.29, 1.82) is 0 Å². The van der Waals surface area contributed by atoms with Crippen molar-refractivity contribution in [3.8, 4) is 0 Å². The van der Waals surface area contributed by atoms with E-state index in [1.54, 1.807) is 0 Å². The zero-order valence-corrected chi connectivity index (χ0v) is 5.92. The summed E-state index contributed by atoms with van der Waals surface area (Å²) in [4.78, 5) is 11.2. The van der Waals surface area contributed by atoms with Gasteiger partial charge in [0.1, 0.15) is 5.78 Å². The van der Waals surface area contributed by atoms with Gasteiger partial charge in [-0.2, -0.15) is 0 Å². The molecule has 0 radical (unpaired) electrons. The molecular weight excluding hydrogens is 128 g/mol. The van der Waals surface area contributed by atoms with Crippen molar-refractivity contribution in [2.24, 2.45) is 17.8 Å². The fourth-order valence-corrected chi connectivity index (χ4v) is 2.41. The summed E-state index contributed by atoms with van der Waals surface area (Å²) in [5, 5.41) is 8.84. The van der Waals surface area contributed by atoms with Gasteiger partial charge in [0.2, 0.25) is 0 Å². The number of hydrogen-bond donors (Lipinski definition) is 1. The van der Waals surface area contributed by atoms with E-state index >= 15 is 0 Å². The number of aliphatic hydroxyl groups is 1. The van der Waals surface area contributed by atoms with Crippen LogP contribution < -0.4 is 0 Å². The van der Waals surface area contributed by atoms with Crippen molar-refractivity contribution in [2.45, 2.75) is 19.3 Å². The maximum absolute atomic E-state index is 11.2. The summed E-state index contributed by atoms with van der Waals surface area (Å²) in [6.45, 7) is 0.0833. The molecule has 0 aromatic heterocycles. The van der Waals surface area contributed by atoms with Gasteiger partial charge in [-0.25, -0.2) is 0 Å². The predicted molar refractivity (Wildman–Crippen MR) is 36.4 cm³/mol. The maximum atomic E-state index is 11.2. The Bertz CT molecular complexity index is 165. The Balaban J connectivity index is 2.17. The average Bonchev–Trinajstić information content (AvgIpc) is 2.46. The predicted octanol–water partition coefficient (Wildman–Crippen LogP) is 0.594. The van der Waals surface area contributed by atoms with Crippen molar-refractivity contribution in [2.75, 3.05) is 6.61 Å². The minimum absolute atomic E-state index is 0.0127. The highest BCUT2D eigenvalue weighted by Crippen LogP contribution is 2.45. The normalized spacial score (nSPS) is 44.9. The molecule has 2 fully saturated rings. The van der Waals surface area contributed by atoms with Crippen molar-refractivity contribution in [3.05, 3.63) is 0 Å². The molecule has 2 rings (SSSR count). The lowest BCUT2D eigenvalue weighted by atomic mass is 9.88. The van der Waals surface area contributed by atoms with Crippen molar-refractivity contribution in [3.63, 3.8) is 0 Å². The van der Waals surface area contributed by atoms with Crippen LogP contribution in [0.25, 0.3) is 0 Å². The molecule has 0 saturated heterocycles. The molecule has 2 bridgehead atoms. The van der Waals surface area contributed by atoms with Gasteiger partial charge in [0.25, 0.3) is 0 Å². The third-order valence-electron chi connectivity index (χ3n) is 3.01. The number of Topliss-reactive ketones (excluding diaryl/α,β-unsaturated/α-hetero) is 1. The Hall–Kier alpha value is -0.370. The van der Waals surface area contributed by atoms with Gasteiger partial charge in [0, 0.05) is 11.8 Å². The van der Waals surface area contributed by atoms with Crippen LogP contribution in [0.1, 0.15) is 19.3 Å². The molecule has 2 heteroatoms. The van der Waals surface area contributed by atoms with Crippen molar-refractivity contribution in [1.82, 2.24) is 0 Å². The first-order valence-corrected chi connectivity index (χ1v) is 3.97. The van der Waals surface area contributed by atoms with E-state index in [0.717, 1.165) is 12.8 Å². The van der Waals surface area contributed by atoms with Crippen molar-refractivity contribution >= 4 is 5.78 Å². The summed E-state index contributed by atoms with van der Waals surface area (Å²) in [7, 11) is 0. The molecule has 3 atom stereocenters. The molecule has 0 aromatic carbocycles. The third kappa shape index (κ3) is 0.655. The highest BCUT2D eigenvalue weighted by atomic mass is 16.3. The highest BCUT2D eigenvalue weighted by molar-refractivity contribution is 5.86. The number of aliphatic hydroxyl groups excluding tert-OH is 1. The lowest BCUT2D eigenvalue weighted by Crippen LogP contribution is -2.24. The molecule has 2 aliphatic rings. The standard InChI is InChI=1S/C8H12O2/c9-4-7-5-1-2-6(3-5)8(7)10/h5-7,9H,1-4H2. The van der Waals surface area contributed by atoms with E-state index in [2.05, 4.69) is 0 Å². The van der Waals surface area contributed by atoms with E-state index < -0.39 is 0 Å². The zero-order valence-electron chi connectivity index (χ0n) is 5.92. The van der Waals surface area contributed by atoms with Gasteiger partial charge in [-0.15, -0.1) is 0 Å². The van der Waals surface area contributed by atoms with Gasteiger partial charge in [-0.05, 0) is 25.2 Å². The number of rotatable bonds is 1. The Morgan fingerprint density at radius 1 is 1.50 bits per heavy atom. The summed E-state index contributed by atoms with van der Waals surface area (Å²) in [6, 6.07) is 0. The second-order valence-corrected chi connectivity index (χ2v) is 3.46. The minimum atomic E-state index is 0.0127. The van der Waals surface area contributed by atoms with Crippen LogP contribution in [-0.2, 0) is 4.79 Å². The number of hydrogen-bond acceptors (Lipinski definition) is 2. The molecule has 56 valence electrons. The molecule has 2 nitrogen and oxygen atoms in total. The lowest BCUT2D eigenvalue weighted by molar-refractivity contribution is -0.126. The van der Waals surface area contributed by atoms with Crippen LogP contribution in [0.4, 0.5) is 0 Å². The largest absolute Gasteiger partial charge is 0.396 e. The monoisotopic (exact) mass is 140 g/mol. The van der Waals surface area contributed by atoms with Crippen molar-refractivity contribution < 1.29 is 9.90 Å². The molecule has 0 heterocycles. The summed E-state index contributed by atoms with van der Waals surface area (Å²) >= 11 is 0. The van der Waals surface area contributed by atoms with Crippen LogP contribution in [0.15, 0.2) is 0 Å². The molecule has 0 aromatic rings. The molecule has 1 N–H and O–H groups in total. The van der Waals surface area contributed by atoms with Crippen LogP contribution in [-0.4, -0.2) is 17.5 Å². The Morgan fingerprint density at radius 2 is 2.30 bits per heavy atom. The minimum Gasteiger partial charge on any atom is -0.396 e. The van der Waals surface area contributed by atoms with Gasteiger partial charge in [-0.1, -0.05) is 0 Å². The van der Waals surface area contributed by atoms with E-state index in [1.165, 1.54) is 6.42 Å². The molecule has 10 heavy (non-hydrogen) atoms. The number of ketones is 1. The second-order valence-electron chi connectivity index (χ2n) is 3.46. The SMILES string of the molecule is O=C1C2CCC(C2)C1CO. The summed E-state index contributed by atoms with van der Waals surface area (Å²) in [5.74, 6) is 1.20. The topological polar surface area (TPSA) is 37.3 Å². The maximum Gasteiger partial charge on any atom is 0.141 e. The first kappa shape index (κ1) is 6.35. The molecule has 0 amide bonds. The van der Waals surface area contributed by atoms with Gasteiger partial charge in [0.05, 0.1) is 6.61 Å². The fraction of sp³-hybridized carbons (Fsp3) is 0.875. The summed E-state index contributed by atoms with van der Waals surface area (Å²) < 4.78 is 0. The molecule has 0 spiro atoms. The fourth-order valence-electron chi connectivity index (χ4n) is 2.41. The Labute approximate surface area is 60.2 Å². The van der Waals surface area contributed by atoms with E-state index in [-0.39, 0.29) is 12.5 Å². The average molecular weight is 140 g/mol. The van der Waals surface area contributed by atoms with E-state index in [0.29, 0.717) is 17.6 Å². The molecule has 2 aliphatic carbocycles. The lowest BCUT2D eigenvalue weighted by Gasteiger charge is -2.16. The molecule has 2 saturated carbocycles. The smallest absolute Gasteiger partial charge is 0.141 e. The Kier molecular flexibility index (Phi) is 1.31. The zero-order chi connectivity index (χ0) is 7.14. The third-order valence-corrected chi connectivity index (χ3v) is 3.01.